The van der Waals surface area contributed by atoms with Crippen molar-refractivity contribution < 1.29 is 22.6 Å². The van der Waals surface area contributed by atoms with Gasteiger partial charge in [-0.2, -0.15) is 0 Å². The highest BCUT2D eigenvalue weighted by molar-refractivity contribution is 7.85. The Balaban J connectivity index is 0.000000567. The van der Waals surface area contributed by atoms with Crippen LogP contribution >= 0.6 is 0 Å². The number of hydrogen-bond donors (Lipinski definition) is 1. The third-order valence-electron chi connectivity index (χ3n) is 5.07. The molecule has 1 aromatic carbocycles. The van der Waals surface area contributed by atoms with Crippen LogP contribution in [0.3, 0.4) is 0 Å². The molecule has 0 spiro atoms. The molecule has 0 heterocycles. The number of nitrogens with zero attached hydrogens (tertiary/aromatic N) is 1. The van der Waals surface area contributed by atoms with Crippen LogP contribution in [0.4, 0.5) is 0 Å². The van der Waals surface area contributed by atoms with E-state index in [0.717, 1.165) is 24.3 Å². The van der Waals surface area contributed by atoms with Gasteiger partial charge in [0.05, 0.1) is 31.1 Å². The minimum atomic E-state index is -4.38. The lowest BCUT2D eigenvalue weighted by Gasteiger charge is -2.39. The van der Waals surface area contributed by atoms with Crippen LogP contribution < -0.4 is 0 Å². The van der Waals surface area contributed by atoms with E-state index in [1.54, 1.807) is 0 Å². The lowest BCUT2D eigenvalue weighted by atomic mass is 10.1. The molecule has 164 valence electrons. The molecule has 1 N–H and O–H groups in total. The largest absolute Gasteiger partial charge is 0.744 e. The van der Waals surface area contributed by atoms with E-state index in [1.807, 2.05) is 0 Å². The Kier molecular flexibility index (Phi) is 14.2. The summed E-state index contributed by atoms with van der Waals surface area (Å²) in [6, 6.07) is 4.39. The van der Waals surface area contributed by atoms with Gasteiger partial charge in [0.2, 0.25) is 0 Å². The fraction of sp³-hybridized carbons (Fsp3) is 0.727. The summed E-state index contributed by atoms with van der Waals surface area (Å²) in [6.45, 7) is 15.0. The summed E-state index contributed by atoms with van der Waals surface area (Å²) < 4.78 is 32.3. The van der Waals surface area contributed by atoms with Crippen molar-refractivity contribution in [3.05, 3.63) is 24.3 Å². The Bertz CT molecular complexity index is 562. The first-order valence-electron chi connectivity index (χ1n) is 10.8. The van der Waals surface area contributed by atoms with Crippen LogP contribution in [0.25, 0.3) is 0 Å². The number of phenols is 1. The van der Waals surface area contributed by atoms with E-state index in [9.17, 15) is 13.0 Å². The maximum absolute atomic E-state index is 10.3. The molecule has 0 aliphatic carbocycles. The van der Waals surface area contributed by atoms with E-state index in [-0.39, 0.29) is 10.6 Å². The van der Waals surface area contributed by atoms with Crippen molar-refractivity contribution >= 4 is 10.1 Å². The molecule has 0 aliphatic rings. The first-order valence-corrected chi connectivity index (χ1v) is 12.3. The third-order valence-corrected chi connectivity index (χ3v) is 5.92. The van der Waals surface area contributed by atoms with Crippen molar-refractivity contribution in [2.24, 2.45) is 0 Å². The molecule has 0 saturated carbocycles. The van der Waals surface area contributed by atoms with Gasteiger partial charge in [0, 0.05) is 0 Å². The number of phenolic OH excluding ortho intramolecular Hbond substituents is 1. The maximum atomic E-state index is 10.3. The average Bonchev–Trinajstić information content (AvgIpc) is 2.67. The number of unbranched alkanes of at least 4 members (excludes halogenated alkanes) is 4. The smallest absolute Gasteiger partial charge is 0.124 e. The summed E-state index contributed by atoms with van der Waals surface area (Å²) in [5, 5.41) is 8.73. The molecule has 28 heavy (non-hydrogen) atoms. The topological polar surface area (TPSA) is 77.4 Å². The second-order valence-corrected chi connectivity index (χ2v) is 8.98. The van der Waals surface area contributed by atoms with E-state index in [1.165, 1.54) is 82.0 Å². The Morgan fingerprint density at radius 3 is 1.32 bits per heavy atom. The highest BCUT2D eigenvalue weighted by Crippen LogP contribution is 2.16. The minimum Gasteiger partial charge on any atom is -0.744 e. The van der Waals surface area contributed by atoms with Crippen LogP contribution in [0.1, 0.15) is 79.1 Å². The Morgan fingerprint density at radius 1 is 0.750 bits per heavy atom. The third kappa shape index (κ3) is 11.7. The second kappa shape index (κ2) is 14.8. The molecular formula is C22H41NO4S. The highest BCUT2D eigenvalue weighted by atomic mass is 32.2. The normalized spacial score (nSPS) is 11.8. The van der Waals surface area contributed by atoms with Crippen LogP contribution in [0.15, 0.2) is 29.2 Å². The van der Waals surface area contributed by atoms with Crippen molar-refractivity contribution in [2.45, 2.75) is 84.0 Å². The fourth-order valence-corrected chi connectivity index (χ4v) is 3.73. The zero-order chi connectivity index (χ0) is 21.5. The summed E-state index contributed by atoms with van der Waals surface area (Å²) in [7, 11) is -4.38. The van der Waals surface area contributed by atoms with Crippen LogP contribution in [0, 0.1) is 0 Å². The summed E-state index contributed by atoms with van der Waals surface area (Å²) in [4.78, 5) is -0.338. The molecule has 0 atom stereocenters. The van der Waals surface area contributed by atoms with Crippen LogP contribution in [-0.2, 0) is 10.1 Å². The number of quaternary nitrogens is 1. The lowest BCUT2D eigenvalue weighted by molar-refractivity contribution is -0.929. The van der Waals surface area contributed by atoms with Crippen LogP contribution in [-0.4, -0.2) is 48.7 Å². The highest BCUT2D eigenvalue weighted by Gasteiger charge is 2.24. The molecule has 0 saturated heterocycles. The summed E-state index contributed by atoms with van der Waals surface area (Å²) in [6.07, 6.45) is 11.1. The Labute approximate surface area is 173 Å². The lowest BCUT2D eigenvalue weighted by Crippen LogP contribution is -2.50. The van der Waals surface area contributed by atoms with Gasteiger partial charge in [-0.1, -0.05) is 53.4 Å². The van der Waals surface area contributed by atoms with Gasteiger partial charge in [0.15, 0.2) is 0 Å². The van der Waals surface area contributed by atoms with E-state index in [4.69, 9.17) is 5.11 Å². The Morgan fingerprint density at radius 2 is 1.07 bits per heavy atom. The van der Waals surface area contributed by atoms with Crippen molar-refractivity contribution in [3.63, 3.8) is 0 Å². The molecule has 0 amide bonds. The number of benzene rings is 1. The SMILES string of the molecule is CCCC[N+](CCCC)(CCCC)CCCC.O=S(=O)([O-])c1ccc(O)cc1. The number of rotatable bonds is 13. The molecule has 1 aromatic rings. The molecule has 1 rings (SSSR count). The van der Waals surface area contributed by atoms with E-state index in [0.29, 0.717) is 0 Å². The molecule has 0 aromatic heterocycles. The van der Waals surface area contributed by atoms with Crippen LogP contribution in [0.2, 0.25) is 0 Å². The van der Waals surface area contributed by atoms with E-state index < -0.39 is 10.1 Å². The van der Waals surface area contributed by atoms with Gasteiger partial charge in [0.1, 0.15) is 15.9 Å². The maximum Gasteiger partial charge on any atom is 0.124 e. The van der Waals surface area contributed by atoms with E-state index >= 15 is 0 Å². The molecule has 0 radical (unpaired) electrons. The molecule has 0 unspecified atom stereocenters. The first-order chi connectivity index (χ1) is 13.2. The van der Waals surface area contributed by atoms with Crippen molar-refractivity contribution in [1.29, 1.82) is 0 Å². The van der Waals surface area contributed by atoms with E-state index in [2.05, 4.69) is 27.7 Å². The summed E-state index contributed by atoms with van der Waals surface area (Å²) in [5.74, 6) is -0.0719. The summed E-state index contributed by atoms with van der Waals surface area (Å²) in [5.41, 5.74) is 0. The number of aromatic hydroxyl groups is 1. The molecule has 6 heteroatoms. The van der Waals surface area contributed by atoms with Crippen LogP contribution in [0.5, 0.6) is 5.75 Å². The zero-order valence-corrected chi connectivity index (χ0v) is 19.1. The first kappa shape index (κ1) is 26.9. The molecular weight excluding hydrogens is 374 g/mol. The molecule has 0 bridgehead atoms. The van der Waals surface area contributed by atoms with Gasteiger partial charge >= 0.3 is 0 Å². The standard InChI is InChI=1S/C16H36N.C6H6O4S/c1-5-9-13-17(14-10-6-2,15-11-7-3)16-12-8-4;7-5-1-3-6(4-2-5)11(8,9)10/h5-16H2,1-4H3;1-4,7H,(H,8,9,10)/q+1;/p-1. The molecule has 0 fully saturated rings. The van der Waals surface area contributed by atoms with Gasteiger partial charge in [-0.05, 0) is 49.9 Å². The average molecular weight is 416 g/mol. The fourth-order valence-electron chi connectivity index (χ4n) is 3.26. The predicted octanol–water partition coefficient (Wildman–Crippen LogP) is 5.30. The van der Waals surface area contributed by atoms with Crippen molar-refractivity contribution in [3.8, 4) is 5.75 Å². The van der Waals surface area contributed by atoms with Crippen molar-refractivity contribution in [2.75, 3.05) is 26.2 Å². The van der Waals surface area contributed by atoms with Gasteiger partial charge in [-0.3, -0.25) is 0 Å². The second-order valence-electron chi connectivity index (χ2n) is 7.60. The minimum absolute atomic E-state index is 0.0719. The molecule has 5 nitrogen and oxygen atoms in total. The monoisotopic (exact) mass is 415 g/mol. The zero-order valence-electron chi connectivity index (χ0n) is 18.3. The van der Waals surface area contributed by atoms with Gasteiger partial charge in [-0.25, -0.2) is 8.42 Å². The quantitative estimate of drug-likeness (QED) is 0.350. The Hall–Kier alpha value is -1.11. The summed E-state index contributed by atoms with van der Waals surface area (Å²) >= 11 is 0. The molecule has 0 aliphatic heterocycles. The van der Waals surface area contributed by atoms with Gasteiger partial charge in [-0.15, -0.1) is 0 Å². The van der Waals surface area contributed by atoms with Gasteiger partial charge < -0.3 is 14.1 Å². The van der Waals surface area contributed by atoms with Crippen molar-refractivity contribution in [1.82, 2.24) is 0 Å². The number of hydrogen-bond acceptors (Lipinski definition) is 4. The predicted molar refractivity (Wildman–Crippen MR) is 115 cm³/mol. The van der Waals surface area contributed by atoms with Gasteiger partial charge in [0.25, 0.3) is 0 Å².